The molecule has 0 spiro atoms. The van der Waals surface area contributed by atoms with Gasteiger partial charge in [-0.1, -0.05) is 18.0 Å². The predicted octanol–water partition coefficient (Wildman–Crippen LogP) is 4.87. The van der Waals surface area contributed by atoms with Gasteiger partial charge in [-0.3, -0.25) is 4.79 Å². The third-order valence-corrected chi connectivity index (χ3v) is 6.13. The quantitative estimate of drug-likeness (QED) is 0.647. The molecule has 0 unspecified atom stereocenters. The van der Waals surface area contributed by atoms with Crippen molar-refractivity contribution in [1.29, 1.82) is 0 Å². The number of carbonyl (C=O) groups is 1. The van der Waals surface area contributed by atoms with Gasteiger partial charge in [0.2, 0.25) is 0 Å². The largest absolute Gasteiger partial charge is 0.341 e. The number of carbonyl (C=O) groups excluding carboxylic acids is 1. The van der Waals surface area contributed by atoms with E-state index in [2.05, 4.69) is 15.4 Å². The number of rotatable bonds is 3. The number of halogens is 4. The third-order valence-electron chi connectivity index (χ3n) is 4.88. The summed E-state index contributed by atoms with van der Waals surface area (Å²) in [5.74, 6) is -4.13. The molecule has 3 heterocycles. The fraction of sp³-hybridized carbons (Fsp3) is 0.389. The smallest absolute Gasteiger partial charge is 0.280 e. The van der Waals surface area contributed by atoms with Crippen molar-refractivity contribution in [2.45, 2.75) is 44.6 Å². The zero-order valence-corrected chi connectivity index (χ0v) is 16.4. The number of nitrogens with zero attached hydrogens (tertiary/aromatic N) is 3. The van der Waals surface area contributed by atoms with Crippen LogP contribution in [0.5, 0.6) is 0 Å². The second-order valence-corrected chi connectivity index (χ2v) is 8.42. The van der Waals surface area contributed by atoms with Crippen molar-refractivity contribution in [3.05, 3.63) is 39.2 Å². The number of hydrogen-bond donors (Lipinski definition) is 1. The number of fused-ring (bicyclic) bond motifs is 1. The van der Waals surface area contributed by atoms with Crippen molar-refractivity contribution < 1.29 is 18.0 Å². The number of hydrogen-bond acceptors (Lipinski definition) is 4. The molecule has 1 aliphatic carbocycles. The fourth-order valence-electron chi connectivity index (χ4n) is 3.39. The van der Waals surface area contributed by atoms with Gasteiger partial charge in [0.05, 0.1) is 34.7 Å². The first kappa shape index (κ1) is 19.2. The lowest BCUT2D eigenvalue weighted by Crippen LogP contribution is -2.49. The predicted molar refractivity (Wildman–Crippen MR) is 101 cm³/mol. The van der Waals surface area contributed by atoms with Gasteiger partial charge in [0.15, 0.2) is 10.8 Å². The summed E-state index contributed by atoms with van der Waals surface area (Å²) >= 11 is 6.98. The molecule has 1 saturated carbocycles. The highest BCUT2D eigenvalue weighted by Gasteiger charge is 2.42. The minimum Gasteiger partial charge on any atom is -0.341 e. The first-order valence-corrected chi connectivity index (χ1v) is 9.94. The molecule has 1 fully saturated rings. The van der Waals surface area contributed by atoms with Crippen LogP contribution in [0.3, 0.4) is 0 Å². The Kier molecular flexibility index (Phi) is 4.83. The van der Waals surface area contributed by atoms with E-state index in [4.69, 9.17) is 11.6 Å². The lowest BCUT2D eigenvalue weighted by atomic mass is 9.91. The summed E-state index contributed by atoms with van der Waals surface area (Å²) in [7, 11) is 0. The van der Waals surface area contributed by atoms with E-state index in [9.17, 15) is 18.0 Å². The highest BCUT2D eigenvalue weighted by molar-refractivity contribution is 7.14. The van der Waals surface area contributed by atoms with Crippen LogP contribution >= 0.6 is 22.9 Å². The van der Waals surface area contributed by atoms with Crippen LogP contribution in [-0.4, -0.2) is 32.5 Å². The highest BCUT2D eigenvalue weighted by Crippen LogP contribution is 2.35. The van der Waals surface area contributed by atoms with E-state index < -0.39 is 23.7 Å². The molecule has 0 aliphatic heterocycles. The fourth-order valence-corrected chi connectivity index (χ4v) is 4.38. The Balaban J connectivity index is 1.64. The molecule has 5 nitrogen and oxygen atoms in total. The molecular weight excluding hydrogens is 413 g/mol. The Bertz CT molecular complexity index is 1060. The van der Waals surface area contributed by atoms with Crippen molar-refractivity contribution >= 4 is 34.4 Å². The number of alkyl halides is 2. The van der Waals surface area contributed by atoms with Gasteiger partial charge in [0, 0.05) is 16.9 Å². The Morgan fingerprint density at radius 2 is 2.21 bits per heavy atom. The molecule has 3 aromatic rings. The molecule has 0 aromatic carbocycles. The molecular formula is C18H16ClF3N4OS. The summed E-state index contributed by atoms with van der Waals surface area (Å²) in [6.07, 6.45) is 3.79. The van der Waals surface area contributed by atoms with Crippen LogP contribution in [0.4, 0.5) is 13.2 Å². The zero-order valence-electron chi connectivity index (χ0n) is 14.8. The van der Waals surface area contributed by atoms with Crippen molar-refractivity contribution in [2.75, 3.05) is 0 Å². The molecule has 0 radical (unpaired) electrons. The summed E-state index contributed by atoms with van der Waals surface area (Å²) in [6.45, 7) is 1.77. The van der Waals surface area contributed by atoms with E-state index in [0.29, 0.717) is 29.6 Å². The third kappa shape index (κ3) is 3.37. The molecule has 0 saturated heterocycles. The molecule has 1 N–H and O–H groups in total. The van der Waals surface area contributed by atoms with Gasteiger partial charge in [0.25, 0.3) is 11.8 Å². The van der Waals surface area contributed by atoms with Crippen LogP contribution in [0.25, 0.3) is 16.8 Å². The molecule has 10 heteroatoms. The molecule has 0 bridgehead atoms. The van der Waals surface area contributed by atoms with E-state index >= 15 is 0 Å². The lowest BCUT2D eigenvalue weighted by Gasteiger charge is -2.31. The Hall–Kier alpha value is -2.13. The molecule has 28 heavy (non-hydrogen) atoms. The summed E-state index contributed by atoms with van der Waals surface area (Å²) in [5, 5.41) is 6.56. The monoisotopic (exact) mass is 428 g/mol. The van der Waals surface area contributed by atoms with Crippen LogP contribution in [0, 0.1) is 12.7 Å². The number of aromatic nitrogens is 3. The zero-order chi connectivity index (χ0) is 20.1. The standard InChI is InChI=1S/C18H16ClF3N4OS/c1-9-15(10-7-23-26-8-12(20)11(19)6-13(10)26)25-17(28-9)16(27)24-14-4-2-3-5-18(14,21)22/h6-8,14H,2-5H2,1H3,(H,24,27)/t14-/m1/s1. The Morgan fingerprint density at radius 1 is 1.43 bits per heavy atom. The topological polar surface area (TPSA) is 59.3 Å². The minimum absolute atomic E-state index is 0.0559. The number of amides is 1. The maximum Gasteiger partial charge on any atom is 0.280 e. The number of pyridine rings is 1. The molecule has 148 valence electrons. The molecule has 4 rings (SSSR count). The number of aryl methyl sites for hydroxylation is 1. The van der Waals surface area contributed by atoms with E-state index in [0.717, 1.165) is 22.4 Å². The average Bonchev–Trinajstić information content (AvgIpc) is 3.20. The SMILES string of the molecule is Cc1sc(C(=O)N[C@@H]2CCCCC2(F)F)nc1-c1cnn2cc(F)c(Cl)cc12. The lowest BCUT2D eigenvalue weighted by molar-refractivity contribution is -0.0609. The minimum atomic E-state index is -2.91. The maximum atomic E-state index is 14.0. The van der Waals surface area contributed by atoms with Crippen LogP contribution < -0.4 is 5.32 Å². The van der Waals surface area contributed by atoms with Gasteiger partial charge < -0.3 is 5.32 Å². The van der Waals surface area contributed by atoms with Gasteiger partial charge in [-0.05, 0) is 25.8 Å². The summed E-state index contributed by atoms with van der Waals surface area (Å²) < 4.78 is 43.0. The van der Waals surface area contributed by atoms with Crippen molar-refractivity contribution in [2.24, 2.45) is 0 Å². The second-order valence-electron chi connectivity index (χ2n) is 6.81. The first-order chi connectivity index (χ1) is 13.3. The highest BCUT2D eigenvalue weighted by atomic mass is 35.5. The van der Waals surface area contributed by atoms with Crippen LogP contribution in [0.15, 0.2) is 18.5 Å². The molecule has 1 atom stereocenters. The maximum absolute atomic E-state index is 14.0. The Labute approximate surface area is 167 Å². The van der Waals surface area contributed by atoms with Crippen LogP contribution in [-0.2, 0) is 0 Å². The van der Waals surface area contributed by atoms with E-state index in [1.54, 1.807) is 6.92 Å². The van der Waals surface area contributed by atoms with Crippen molar-refractivity contribution in [3.63, 3.8) is 0 Å². The number of nitrogens with one attached hydrogen (secondary N) is 1. The van der Waals surface area contributed by atoms with Gasteiger partial charge >= 0.3 is 0 Å². The van der Waals surface area contributed by atoms with Crippen molar-refractivity contribution in [1.82, 2.24) is 19.9 Å². The average molecular weight is 429 g/mol. The van der Waals surface area contributed by atoms with Crippen LogP contribution in [0.2, 0.25) is 5.02 Å². The van der Waals surface area contributed by atoms with Gasteiger partial charge in [0.1, 0.15) is 0 Å². The summed E-state index contributed by atoms with van der Waals surface area (Å²) in [6, 6.07) is 0.250. The van der Waals surface area contributed by atoms with Gasteiger partial charge in [-0.15, -0.1) is 11.3 Å². The molecule has 1 aliphatic rings. The summed E-state index contributed by atoms with van der Waals surface area (Å²) in [5.41, 5.74) is 1.60. The first-order valence-electron chi connectivity index (χ1n) is 8.75. The van der Waals surface area contributed by atoms with E-state index in [-0.39, 0.29) is 22.9 Å². The summed E-state index contributed by atoms with van der Waals surface area (Å²) in [4.78, 5) is 17.6. The molecule has 1 amide bonds. The molecule has 3 aromatic heterocycles. The second kappa shape index (κ2) is 7.04. The van der Waals surface area contributed by atoms with Crippen LogP contribution in [0.1, 0.15) is 40.4 Å². The Morgan fingerprint density at radius 3 is 2.96 bits per heavy atom. The van der Waals surface area contributed by atoms with Crippen molar-refractivity contribution in [3.8, 4) is 11.3 Å². The van der Waals surface area contributed by atoms with E-state index in [1.165, 1.54) is 16.8 Å². The normalized spacial score (nSPS) is 19.1. The van der Waals surface area contributed by atoms with E-state index in [1.807, 2.05) is 0 Å². The number of thiazole rings is 1. The van der Waals surface area contributed by atoms with Gasteiger partial charge in [-0.2, -0.15) is 5.10 Å². The van der Waals surface area contributed by atoms with Gasteiger partial charge in [-0.25, -0.2) is 22.7 Å².